The van der Waals surface area contributed by atoms with E-state index in [0.29, 0.717) is 0 Å². The van der Waals surface area contributed by atoms with E-state index in [9.17, 15) is 8.78 Å². The number of benzene rings is 1. The van der Waals surface area contributed by atoms with Crippen molar-refractivity contribution in [3.63, 3.8) is 0 Å². The molecule has 1 aromatic carbocycles. The Hall–Kier alpha value is -0.920. The van der Waals surface area contributed by atoms with Crippen molar-refractivity contribution in [3.05, 3.63) is 35.4 Å². The fraction of sp³-hybridized carbons (Fsp3) is 0.684. The van der Waals surface area contributed by atoms with E-state index in [1.165, 1.54) is 63.5 Å². The lowest BCUT2D eigenvalue weighted by Crippen LogP contribution is -2.15. The van der Waals surface area contributed by atoms with Gasteiger partial charge < -0.3 is 0 Å². The molecule has 1 aliphatic rings. The van der Waals surface area contributed by atoms with Gasteiger partial charge in [0.05, 0.1) is 0 Å². The second kappa shape index (κ2) is 8.51. The number of hydrogen-bond acceptors (Lipinski definition) is 0. The lowest BCUT2D eigenvalue weighted by atomic mass is 9.78. The molecule has 1 aliphatic carbocycles. The van der Waals surface area contributed by atoms with Gasteiger partial charge in [-0.05, 0) is 42.4 Å². The van der Waals surface area contributed by atoms with E-state index >= 15 is 0 Å². The van der Waals surface area contributed by atoms with E-state index in [1.54, 1.807) is 6.07 Å². The molecule has 0 aliphatic heterocycles. The Kier molecular flexibility index (Phi) is 6.66. The van der Waals surface area contributed by atoms with E-state index in [2.05, 4.69) is 6.92 Å². The van der Waals surface area contributed by atoms with Gasteiger partial charge in [-0.3, -0.25) is 0 Å². The average Bonchev–Trinajstić information content (AvgIpc) is 2.50. The highest BCUT2D eigenvalue weighted by molar-refractivity contribution is 5.17. The van der Waals surface area contributed by atoms with Crippen LogP contribution in [0.1, 0.15) is 70.3 Å². The SMILES string of the molecule is CCCCCC1CCC(CCc2ccc(F)c(F)c2)CC1. The van der Waals surface area contributed by atoms with E-state index in [1.807, 2.05) is 0 Å². The van der Waals surface area contributed by atoms with E-state index in [0.717, 1.165) is 30.2 Å². The highest BCUT2D eigenvalue weighted by Gasteiger charge is 2.20. The molecule has 1 fully saturated rings. The summed E-state index contributed by atoms with van der Waals surface area (Å²) >= 11 is 0. The molecular weight excluding hydrogens is 266 g/mol. The van der Waals surface area contributed by atoms with Crippen LogP contribution < -0.4 is 0 Å². The molecule has 1 aromatic rings. The Balaban J connectivity index is 1.67. The monoisotopic (exact) mass is 294 g/mol. The molecule has 0 heterocycles. The van der Waals surface area contributed by atoms with Crippen molar-refractivity contribution in [3.8, 4) is 0 Å². The van der Waals surface area contributed by atoms with E-state index in [4.69, 9.17) is 0 Å². The van der Waals surface area contributed by atoms with Crippen LogP contribution in [0.2, 0.25) is 0 Å². The summed E-state index contributed by atoms with van der Waals surface area (Å²) in [7, 11) is 0. The minimum atomic E-state index is -0.744. The highest BCUT2D eigenvalue weighted by atomic mass is 19.2. The molecule has 2 rings (SSSR count). The maximum Gasteiger partial charge on any atom is 0.159 e. The maximum absolute atomic E-state index is 13.2. The molecule has 1 saturated carbocycles. The van der Waals surface area contributed by atoms with Gasteiger partial charge in [0.25, 0.3) is 0 Å². The molecule has 21 heavy (non-hydrogen) atoms. The van der Waals surface area contributed by atoms with Gasteiger partial charge in [-0.2, -0.15) is 0 Å². The van der Waals surface area contributed by atoms with E-state index < -0.39 is 11.6 Å². The van der Waals surface area contributed by atoms with Crippen molar-refractivity contribution >= 4 is 0 Å². The second-order valence-electron chi connectivity index (χ2n) is 6.67. The van der Waals surface area contributed by atoms with Gasteiger partial charge in [-0.15, -0.1) is 0 Å². The molecule has 0 atom stereocenters. The van der Waals surface area contributed by atoms with Crippen molar-refractivity contribution in [1.82, 2.24) is 0 Å². The van der Waals surface area contributed by atoms with Crippen LogP contribution in [0.4, 0.5) is 8.78 Å². The molecule has 0 amide bonds. The van der Waals surface area contributed by atoms with Gasteiger partial charge in [0.15, 0.2) is 11.6 Å². The standard InChI is InChI=1S/C19H28F2/c1-2-3-4-5-15-6-8-16(9-7-15)10-11-17-12-13-18(20)19(21)14-17/h12-16H,2-11H2,1H3. The summed E-state index contributed by atoms with van der Waals surface area (Å²) in [6.07, 6.45) is 12.8. The molecule has 0 radical (unpaired) electrons. The quantitative estimate of drug-likeness (QED) is 0.519. The Bertz CT molecular complexity index is 420. The molecule has 0 aromatic heterocycles. The summed E-state index contributed by atoms with van der Waals surface area (Å²) in [5, 5.41) is 0. The zero-order chi connectivity index (χ0) is 15.1. The molecule has 0 nitrogen and oxygen atoms in total. The van der Waals surface area contributed by atoms with Crippen LogP contribution >= 0.6 is 0 Å². The number of unbranched alkanes of at least 4 members (excludes halogenated alkanes) is 2. The Morgan fingerprint density at radius 1 is 0.905 bits per heavy atom. The first-order valence-electron chi connectivity index (χ1n) is 8.63. The van der Waals surface area contributed by atoms with Crippen LogP contribution in [0.5, 0.6) is 0 Å². The molecule has 0 N–H and O–H groups in total. The molecular formula is C19H28F2. The highest BCUT2D eigenvalue weighted by Crippen LogP contribution is 2.34. The first-order valence-corrected chi connectivity index (χ1v) is 8.63. The Morgan fingerprint density at radius 2 is 1.57 bits per heavy atom. The number of hydrogen-bond donors (Lipinski definition) is 0. The lowest BCUT2D eigenvalue weighted by Gasteiger charge is -2.28. The zero-order valence-electron chi connectivity index (χ0n) is 13.2. The van der Waals surface area contributed by atoms with E-state index in [-0.39, 0.29) is 0 Å². The van der Waals surface area contributed by atoms with Crippen molar-refractivity contribution in [2.45, 2.75) is 71.1 Å². The Morgan fingerprint density at radius 3 is 2.19 bits per heavy atom. The summed E-state index contributed by atoms with van der Waals surface area (Å²) in [5.74, 6) is 0.259. The zero-order valence-corrected chi connectivity index (χ0v) is 13.2. The Labute approximate surface area is 128 Å². The minimum Gasteiger partial charge on any atom is -0.204 e. The summed E-state index contributed by atoms with van der Waals surface area (Å²) in [5.41, 5.74) is 0.930. The van der Waals surface area contributed by atoms with Crippen molar-refractivity contribution < 1.29 is 8.78 Å². The molecule has 0 unspecified atom stereocenters. The predicted octanol–water partition coefficient (Wildman–Crippen LogP) is 6.28. The van der Waals surface area contributed by atoms with Crippen LogP contribution in [0, 0.1) is 23.5 Å². The molecule has 2 heteroatoms. The summed E-state index contributed by atoms with van der Waals surface area (Å²) in [4.78, 5) is 0. The van der Waals surface area contributed by atoms with Crippen LogP contribution in [0.25, 0.3) is 0 Å². The third-order valence-electron chi connectivity index (χ3n) is 5.01. The number of halogens is 2. The number of rotatable bonds is 7. The van der Waals surface area contributed by atoms with Gasteiger partial charge >= 0.3 is 0 Å². The molecule has 0 bridgehead atoms. The van der Waals surface area contributed by atoms with Crippen LogP contribution in [0.3, 0.4) is 0 Å². The van der Waals surface area contributed by atoms with Crippen LogP contribution in [0.15, 0.2) is 18.2 Å². The minimum absolute atomic E-state index is 0.716. The van der Waals surface area contributed by atoms with Gasteiger partial charge in [-0.25, -0.2) is 8.78 Å². The first-order chi connectivity index (χ1) is 10.2. The van der Waals surface area contributed by atoms with Crippen molar-refractivity contribution in [2.75, 3.05) is 0 Å². The van der Waals surface area contributed by atoms with Crippen molar-refractivity contribution in [2.24, 2.45) is 11.8 Å². The molecule has 0 spiro atoms. The molecule has 0 saturated heterocycles. The number of aryl methyl sites for hydroxylation is 1. The lowest BCUT2D eigenvalue weighted by molar-refractivity contribution is 0.249. The fourth-order valence-electron chi connectivity index (χ4n) is 3.56. The van der Waals surface area contributed by atoms with Crippen molar-refractivity contribution in [1.29, 1.82) is 0 Å². The predicted molar refractivity (Wildman–Crippen MR) is 84.3 cm³/mol. The van der Waals surface area contributed by atoms with Crippen LogP contribution in [-0.4, -0.2) is 0 Å². The third-order valence-corrected chi connectivity index (χ3v) is 5.01. The van der Waals surface area contributed by atoms with Gasteiger partial charge in [0.2, 0.25) is 0 Å². The van der Waals surface area contributed by atoms with Crippen LogP contribution in [-0.2, 0) is 6.42 Å². The summed E-state index contributed by atoms with van der Waals surface area (Å²) < 4.78 is 26.1. The first kappa shape index (κ1) is 16.5. The largest absolute Gasteiger partial charge is 0.204 e. The normalized spacial score (nSPS) is 22.4. The third kappa shape index (κ3) is 5.41. The smallest absolute Gasteiger partial charge is 0.159 e. The van der Waals surface area contributed by atoms with Gasteiger partial charge in [0.1, 0.15) is 0 Å². The van der Waals surface area contributed by atoms with Gasteiger partial charge in [-0.1, -0.05) is 64.4 Å². The fourth-order valence-corrected chi connectivity index (χ4v) is 3.56. The summed E-state index contributed by atoms with van der Waals surface area (Å²) in [6.45, 7) is 2.26. The van der Waals surface area contributed by atoms with Gasteiger partial charge in [0, 0.05) is 0 Å². The average molecular weight is 294 g/mol. The topological polar surface area (TPSA) is 0 Å². The molecule has 118 valence electrons. The second-order valence-corrected chi connectivity index (χ2v) is 6.67. The summed E-state index contributed by atoms with van der Waals surface area (Å²) in [6, 6.07) is 4.32. The maximum atomic E-state index is 13.2.